The lowest BCUT2D eigenvalue weighted by atomic mass is 9.92. The van der Waals surface area contributed by atoms with Gasteiger partial charge in [-0.3, -0.25) is 4.79 Å². The van der Waals surface area contributed by atoms with Crippen LogP contribution in [0.1, 0.15) is 38.8 Å². The molecular formula is C13H12O5. The molecule has 1 aromatic carbocycles. The van der Waals surface area contributed by atoms with E-state index in [1.165, 1.54) is 6.92 Å². The van der Waals surface area contributed by atoms with E-state index in [0.717, 1.165) is 0 Å². The molecule has 0 saturated heterocycles. The molecule has 0 aromatic heterocycles. The number of benzene rings is 1. The second-order valence-corrected chi connectivity index (χ2v) is 4.42. The summed E-state index contributed by atoms with van der Waals surface area (Å²) < 4.78 is 10.9. The number of aromatic carboxylic acids is 1. The van der Waals surface area contributed by atoms with Gasteiger partial charge in [0.1, 0.15) is 17.1 Å². The van der Waals surface area contributed by atoms with Crippen LogP contribution in [0.5, 0.6) is 11.5 Å². The Morgan fingerprint density at radius 1 is 1.00 bits per heavy atom. The number of ketones is 1. The van der Waals surface area contributed by atoms with E-state index >= 15 is 0 Å². The minimum atomic E-state index is -1.02. The summed E-state index contributed by atoms with van der Waals surface area (Å²) in [6.07, 6.45) is 1.06. The molecule has 5 nitrogen and oxygen atoms in total. The first kappa shape index (κ1) is 11.1. The van der Waals surface area contributed by atoms with E-state index in [9.17, 15) is 14.7 Å². The van der Waals surface area contributed by atoms with Crippen molar-refractivity contribution < 1.29 is 24.2 Å². The molecule has 0 fully saturated rings. The molecule has 1 aromatic rings. The fraction of sp³-hybridized carbons (Fsp3) is 0.385. The second kappa shape index (κ2) is 3.73. The van der Waals surface area contributed by atoms with Crippen molar-refractivity contribution in [3.8, 4) is 11.5 Å². The zero-order valence-electron chi connectivity index (χ0n) is 9.91. The molecule has 1 N–H and O–H groups in total. The van der Waals surface area contributed by atoms with Gasteiger partial charge in [0.2, 0.25) is 0 Å². The van der Waals surface area contributed by atoms with E-state index in [0.29, 0.717) is 54.2 Å². The summed E-state index contributed by atoms with van der Waals surface area (Å²) in [5.74, 6) is -0.321. The lowest BCUT2D eigenvalue weighted by molar-refractivity contribution is 0.0691. The lowest BCUT2D eigenvalue weighted by Gasteiger charge is -2.13. The summed E-state index contributed by atoms with van der Waals surface area (Å²) in [6, 6.07) is 0. The Labute approximate surface area is 103 Å². The van der Waals surface area contributed by atoms with Crippen molar-refractivity contribution in [2.45, 2.75) is 19.8 Å². The maximum atomic E-state index is 11.8. The van der Waals surface area contributed by atoms with Crippen molar-refractivity contribution in [3.63, 3.8) is 0 Å². The van der Waals surface area contributed by atoms with Crippen LogP contribution in [0.4, 0.5) is 0 Å². The minimum Gasteiger partial charge on any atom is -0.492 e. The Bertz CT molecular complexity index is 489. The third-order valence-corrected chi connectivity index (χ3v) is 3.37. The van der Waals surface area contributed by atoms with Gasteiger partial charge >= 0.3 is 5.97 Å². The minimum absolute atomic E-state index is 0.105. The summed E-state index contributed by atoms with van der Waals surface area (Å²) in [7, 11) is 0. The van der Waals surface area contributed by atoms with Gasteiger partial charge in [0, 0.05) is 24.0 Å². The summed E-state index contributed by atoms with van der Waals surface area (Å²) >= 11 is 0. The average Bonchev–Trinajstić information content (AvgIpc) is 2.91. The van der Waals surface area contributed by atoms with Crippen molar-refractivity contribution in [1.29, 1.82) is 0 Å². The molecule has 94 valence electrons. The normalized spacial score (nSPS) is 15.6. The van der Waals surface area contributed by atoms with E-state index in [4.69, 9.17) is 9.47 Å². The molecule has 18 heavy (non-hydrogen) atoms. The first-order valence-corrected chi connectivity index (χ1v) is 5.82. The number of rotatable bonds is 2. The largest absolute Gasteiger partial charge is 0.492 e. The zero-order chi connectivity index (χ0) is 12.9. The topological polar surface area (TPSA) is 72.8 Å². The quantitative estimate of drug-likeness (QED) is 0.802. The molecule has 5 heteroatoms. The van der Waals surface area contributed by atoms with Crippen LogP contribution in [0.2, 0.25) is 0 Å². The van der Waals surface area contributed by atoms with Gasteiger partial charge in [0.25, 0.3) is 0 Å². The van der Waals surface area contributed by atoms with Gasteiger partial charge in [-0.1, -0.05) is 0 Å². The SMILES string of the molecule is CC(=O)c1c2c(c(C(=O)O)c3c1OCC3)OCC2. The van der Waals surface area contributed by atoms with E-state index in [-0.39, 0.29) is 11.3 Å². The number of ether oxygens (including phenoxy) is 2. The van der Waals surface area contributed by atoms with Gasteiger partial charge in [-0.25, -0.2) is 4.79 Å². The molecule has 0 spiro atoms. The first-order chi connectivity index (χ1) is 8.61. The van der Waals surface area contributed by atoms with Crippen molar-refractivity contribution in [1.82, 2.24) is 0 Å². The number of Topliss-reactive ketones (excluding diaryl/α,β-unsaturated/α-hetero) is 1. The zero-order valence-corrected chi connectivity index (χ0v) is 9.91. The highest BCUT2D eigenvalue weighted by Crippen LogP contribution is 2.44. The summed E-state index contributed by atoms with van der Waals surface area (Å²) in [5, 5.41) is 9.32. The van der Waals surface area contributed by atoms with Crippen LogP contribution in [0.25, 0.3) is 0 Å². The molecule has 0 radical (unpaired) electrons. The highest BCUT2D eigenvalue weighted by Gasteiger charge is 2.35. The molecule has 0 amide bonds. The molecule has 3 rings (SSSR count). The van der Waals surface area contributed by atoms with Crippen LogP contribution in [0.15, 0.2) is 0 Å². The molecule has 0 aliphatic carbocycles. The maximum Gasteiger partial charge on any atom is 0.339 e. The lowest BCUT2D eigenvalue weighted by Crippen LogP contribution is -2.08. The Hall–Kier alpha value is -2.04. The van der Waals surface area contributed by atoms with Gasteiger partial charge in [-0.05, 0) is 6.92 Å². The fourth-order valence-corrected chi connectivity index (χ4v) is 2.71. The molecule has 2 aliphatic heterocycles. The van der Waals surface area contributed by atoms with Crippen molar-refractivity contribution in [2.24, 2.45) is 0 Å². The smallest absolute Gasteiger partial charge is 0.339 e. The number of carboxylic acids is 1. The fourth-order valence-electron chi connectivity index (χ4n) is 2.71. The molecule has 0 bridgehead atoms. The Morgan fingerprint density at radius 3 is 2.00 bits per heavy atom. The van der Waals surface area contributed by atoms with Crippen LogP contribution >= 0.6 is 0 Å². The highest BCUT2D eigenvalue weighted by molar-refractivity contribution is 6.04. The summed E-state index contributed by atoms with van der Waals surface area (Å²) in [6.45, 7) is 2.30. The van der Waals surface area contributed by atoms with Crippen LogP contribution in [0, 0.1) is 0 Å². The Balaban J connectivity index is 2.39. The Morgan fingerprint density at radius 2 is 1.50 bits per heavy atom. The van der Waals surface area contributed by atoms with Crippen molar-refractivity contribution in [2.75, 3.05) is 13.2 Å². The van der Waals surface area contributed by atoms with Gasteiger partial charge in [-0.15, -0.1) is 0 Å². The third-order valence-electron chi connectivity index (χ3n) is 3.37. The maximum absolute atomic E-state index is 11.8. The van der Waals surface area contributed by atoms with Crippen LogP contribution in [-0.4, -0.2) is 30.1 Å². The molecule has 2 aliphatic rings. The van der Waals surface area contributed by atoms with Crippen LogP contribution in [0.3, 0.4) is 0 Å². The number of carboxylic acid groups (broad SMARTS) is 1. The van der Waals surface area contributed by atoms with Crippen molar-refractivity contribution in [3.05, 3.63) is 22.3 Å². The number of hydrogen-bond acceptors (Lipinski definition) is 4. The van der Waals surface area contributed by atoms with Crippen LogP contribution < -0.4 is 9.47 Å². The second-order valence-electron chi connectivity index (χ2n) is 4.42. The number of carbonyl (C=O) groups excluding carboxylic acids is 1. The first-order valence-electron chi connectivity index (χ1n) is 5.82. The monoisotopic (exact) mass is 248 g/mol. The average molecular weight is 248 g/mol. The van der Waals surface area contributed by atoms with Crippen LogP contribution in [-0.2, 0) is 12.8 Å². The molecule has 0 saturated carbocycles. The predicted octanol–water partition coefficient (Wildman–Crippen LogP) is 1.46. The summed E-state index contributed by atoms with van der Waals surface area (Å²) in [4.78, 5) is 23.1. The number of carbonyl (C=O) groups is 2. The number of fused-ring (bicyclic) bond motifs is 2. The predicted molar refractivity (Wildman–Crippen MR) is 61.8 cm³/mol. The van der Waals surface area contributed by atoms with E-state index in [1.807, 2.05) is 0 Å². The molecule has 0 unspecified atom stereocenters. The van der Waals surface area contributed by atoms with E-state index < -0.39 is 5.97 Å². The molecule has 0 atom stereocenters. The van der Waals surface area contributed by atoms with Gasteiger partial charge < -0.3 is 14.6 Å². The number of hydrogen-bond donors (Lipinski definition) is 1. The van der Waals surface area contributed by atoms with Gasteiger partial charge in [0.15, 0.2) is 5.78 Å². The third kappa shape index (κ3) is 1.33. The molecule has 2 heterocycles. The van der Waals surface area contributed by atoms with E-state index in [1.54, 1.807) is 0 Å². The van der Waals surface area contributed by atoms with Crippen molar-refractivity contribution >= 4 is 11.8 Å². The van der Waals surface area contributed by atoms with E-state index in [2.05, 4.69) is 0 Å². The van der Waals surface area contributed by atoms with Gasteiger partial charge in [-0.2, -0.15) is 0 Å². The standard InChI is InChI=1S/C13H12O5/c1-6(14)9-7-2-4-18-12(7)10(13(15)16)8-3-5-17-11(8)9/h2-5H2,1H3,(H,15,16). The van der Waals surface area contributed by atoms with Gasteiger partial charge in [0.05, 0.1) is 18.8 Å². The summed E-state index contributed by atoms with van der Waals surface area (Å²) in [5.41, 5.74) is 1.94. The highest BCUT2D eigenvalue weighted by atomic mass is 16.5. The molecular weight excluding hydrogens is 236 g/mol. The Kier molecular flexibility index (Phi) is 2.29.